The number of hydrogen-bond donors (Lipinski definition) is 1. The number of anilines is 1. The molecule has 1 fully saturated rings. The number of hydrogen-bond acceptors (Lipinski definition) is 2. The maximum absolute atomic E-state index is 6.21. The molecule has 7 heteroatoms. The summed E-state index contributed by atoms with van der Waals surface area (Å²) < 4.78 is 0. The molecule has 0 bridgehead atoms. The van der Waals surface area contributed by atoms with E-state index in [1.54, 1.807) is 6.07 Å². The van der Waals surface area contributed by atoms with E-state index >= 15 is 0 Å². The van der Waals surface area contributed by atoms with Crippen LogP contribution >= 0.6 is 47.0 Å². The highest BCUT2D eigenvalue weighted by molar-refractivity contribution is 7.80. The molecule has 2 aromatic carbocycles. The summed E-state index contributed by atoms with van der Waals surface area (Å²) in [4.78, 5) is 4.55. The molecule has 2 aromatic rings. The lowest BCUT2D eigenvalue weighted by molar-refractivity contribution is 0.177. The predicted molar refractivity (Wildman–Crippen MR) is 111 cm³/mol. The van der Waals surface area contributed by atoms with E-state index in [0.29, 0.717) is 15.2 Å². The summed E-state index contributed by atoms with van der Waals surface area (Å²) in [5.41, 5.74) is 1.97. The predicted octanol–water partition coefficient (Wildman–Crippen LogP) is 5.16. The van der Waals surface area contributed by atoms with Gasteiger partial charge < -0.3 is 10.2 Å². The van der Waals surface area contributed by atoms with Crippen LogP contribution in [0.3, 0.4) is 0 Å². The quantitative estimate of drug-likeness (QED) is 0.699. The van der Waals surface area contributed by atoms with Crippen LogP contribution in [0.15, 0.2) is 42.5 Å². The van der Waals surface area contributed by atoms with Gasteiger partial charge in [0.1, 0.15) is 0 Å². The molecule has 0 amide bonds. The van der Waals surface area contributed by atoms with Gasteiger partial charge in [0, 0.05) is 37.7 Å². The normalized spacial score (nSPS) is 15.2. The maximum atomic E-state index is 6.21. The van der Waals surface area contributed by atoms with Gasteiger partial charge in [0.25, 0.3) is 0 Å². The Morgan fingerprint density at radius 1 is 1.00 bits per heavy atom. The van der Waals surface area contributed by atoms with Gasteiger partial charge in [-0.05, 0) is 42.0 Å². The lowest BCUT2D eigenvalue weighted by Gasteiger charge is -2.36. The standard InChI is InChI=1S/C18H18Cl3N3S/c19-14-4-1-3-13(11-14)12-23-7-9-24(10-8-23)18(25)22-16-6-2-5-15(20)17(16)21/h1-6,11H,7-10,12H2,(H,22,25). The fraction of sp³-hybridized carbons (Fsp3) is 0.278. The fourth-order valence-corrected chi connectivity index (χ4v) is 3.65. The molecule has 1 aliphatic heterocycles. The molecule has 132 valence electrons. The van der Waals surface area contributed by atoms with Crippen molar-refractivity contribution in [2.24, 2.45) is 0 Å². The lowest BCUT2D eigenvalue weighted by atomic mass is 10.2. The maximum Gasteiger partial charge on any atom is 0.173 e. The molecule has 0 unspecified atom stereocenters. The first-order chi connectivity index (χ1) is 12.0. The van der Waals surface area contributed by atoms with Gasteiger partial charge in [-0.1, -0.05) is 53.0 Å². The largest absolute Gasteiger partial charge is 0.346 e. The Hall–Kier alpha value is -1.04. The molecule has 1 aliphatic rings. The van der Waals surface area contributed by atoms with Crippen molar-refractivity contribution in [3.63, 3.8) is 0 Å². The van der Waals surface area contributed by atoms with Crippen LogP contribution in [0.1, 0.15) is 5.56 Å². The average Bonchev–Trinajstić information content (AvgIpc) is 2.59. The van der Waals surface area contributed by atoms with E-state index in [4.69, 9.17) is 47.0 Å². The molecule has 3 rings (SSSR count). The topological polar surface area (TPSA) is 18.5 Å². The first kappa shape index (κ1) is 18.7. The minimum absolute atomic E-state index is 0.492. The van der Waals surface area contributed by atoms with Crippen LogP contribution in [0.25, 0.3) is 0 Å². The summed E-state index contributed by atoms with van der Waals surface area (Å²) in [5.74, 6) is 0. The Morgan fingerprint density at radius 2 is 1.72 bits per heavy atom. The van der Waals surface area contributed by atoms with Gasteiger partial charge in [-0.3, -0.25) is 4.90 Å². The Kier molecular flexibility index (Phi) is 6.42. The zero-order valence-electron chi connectivity index (χ0n) is 13.5. The average molecular weight is 415 g/mol. The van der Waals surface area contributed by atoms with Crippen molar-refractivity contribution in [2.45, 2.75) is 6.54 Å². The molecule has 0 aliphatic carbocycles. The minimum atomic E-state index is 0.492. The molecular weight excluding hydrogens is 397 g/mol. The molecule has 0 aromatic heterocycles. The molecule has 3 nitrogen and oxygen atoms in total. The highest BCUT2D eigenvalue weighted by Gasteiger charge is 2.19. The number of rotatable bonds is 3. The molecule has 1 N–H and O–H groups in total. The Morgan fingerprint density at radius 3 is 2.44 bits per heavy atom. The van der Waals surface area contributed by atoms with E-state index in [-0.39, 0.29) is 0 Å². The zero-order chi connectivity index (χ0) is 17.8. The minimum Gasteiger partial charge on any atom is -0.346 e. The smallest absolute Gasteiger partial charge is 0.173 e. The van der Waals surface area contributed by atoms with Gasteiger partial charge in [-0.25, -0.2) is 0 Å². The third-order valence-electron chi connectivity index (χ3n) is 4.15. The number of nitrogens with one attached hydrogen (secondary N) is 1. The summed E-state index contributed by atoms with van der Waals surface area (Å²) >= 11 is 23.8. The number of thiocarbonyl (C=S) groups is 1. The lowest BCUT2D eigenvalue weighted by Crippen LogP contribution is -2.49. The first-order valence-electron chi connectivity index (χ1n) is 7.99. The van der Waals surface area contributed by atoms with Gasteiger partial charge in [0.05, 0.1) is 15.7 Å². The summed E-state index contributed by atoms with van der Waals surface area (Å²) in [6.45, 7) is 4.51. The van der Waals surface area contributed by atoms with Crippen molar-refractivity contribution in [1.82, 2.24) is 9.80 Å². The van der Waals surface area contributed by atoms with E-state index in [0.717, 1.165) is 43.4 Å². The number of halogens is 3. The van der Waals surface area contributed by atoms with Crippen molar-refractivity contribution in [3.8, 4) is 0 Å². The highest BCUT2D eigenvalue weighted by Crippen LogP contribution is 2.29. The molecule has 1 heterocycles. The third-order valence-corrected chi connectivity index (χ3v) is 5.56. The molecule has 1 saturated heterocycles. The number of nitrogens with zero attached hydrogens (tertiary/aromatic N) is 2. The Bertz CT molecular complexity index is 761. The van der Waals surface area contributed by atoms with Crippen molar-refractivity contribution < 1.29 is 0 Å². The van der Waals surface area contributed by atoms with E-state index in [2.05, 4.69) is 21.2 Å². The fourth-order valence-electron chi connectivity index (χ4n) is 2.80. The van der Waals surface area contributed by atoms with Gasteiger partial charge in [0.2, 0.25) is 0 Å². The molecule has 0 saturated carbocycles. The van der Waals surface area contributed by atoms with Crippen molar-refractivity contribution >= 4 is 57.8 Å². The van der Waals surface area contributed by atoms with Gasteiger partial charge in [-0.15, -0.1) is 0 Å². The Labute approximate surface area is 168 Å². The second kappa shape index (κ2) is 8.56. The molecule has 0 radical (unpaired) electrons. The first-order valence-corrected chi connectivity index (χ1v) is 9.54. The van der Waals surface area contributed by atoms with Crippen molar-refractivity contribution in [2.75, 3.05) is 31.5 Å². The molecule has 0 atom stereocenters. The summed E-state index contributed by atoms with van der Waals surface area (Å²) in [7, 11) is 0. The molecule has 25 heavy (non-hydrogen) atoms. The number of benzene rings is 2. The van der Waals surface area contributed by atoms with Crippen LogP contribution in [-0.2, 0) is 6.54 Å². The van der Waals surface area contributed by atoms with Crippen LogP contribution in [-0.4, -0.2) is 41.1 Å². The van der Waals surface area contributed by atoms with Crippen molar-refractivity contribution in [1.29, 1.82) is 0 Å². The summed E-state index contributed by atoms with van der Waals surface area (Å²) in [6.07, 6.45) is 0. The summed E-state index contributed by atoms with van der Waals surface area (Å²) in [5, 5.41) is 5.65. The summed E-state index contributed by atoms with van der Waals surface area (Å²) in [6, 6.07) is 13.5. The van der Waals surface area contributed by atoms with Crippen LogP contribution in [0.5, 0.6) is 0 Å². The third kappa shape index (κ3) is 4.99. The van der Waals surface area contributed by atoms with Crippen LogP contribution in [0, 0.1) is 0 Å². The zero-order valence-corrected chi connectivity index (χ0v) is 16.6. The van der Waals surface area contributed by atoms with Gasteiger partial charge in [-0.2, -0.15) is 0 Å². The van der Waals surface area contributed by atoms with Crippen LogP contribution in [0.4, 0.5) is 5.69 Å². The van der Waals surface area contributed by atoms with E-state index in [9.17, 15) is 0 Å². The van der Waals surface area contributed by atoms with Crippen molar-refractivity contribution in [3.05, 3.63) is 63.1 Å². The van der Waals surface area contributed by atoms with Gasteiger partial charge >= 0.3 is 0 Å². The SMILES string of the molecule is S=C(Nc1cccc(Cl)c1Cl)N1CCN(Cc2cccc(Cl)c2)CC1. The van der Waals surface area contributed by atoms with E-state index in [1.165, 1.54) is 5.56 Å². The molecular formula is C18H18Cl3N3S. The second-order valence-electron chi connectivity index (χ2n) is 5.92. The van der Waals surface area contributed by atoms with E-state index < -0.39 is 0 Å². The highest BCUT2D eigenvalue weighted by atomic mass is 35.5. The molecule has 0 spiro atoms. The number of piperazine rings is 1. The second-order valence-corrected chi connectivity index (χ2v) is 7.53. The Balaban J connectivity index is 1.53. The van der Waals surface area contributed by atoms with Crippen LogP contribution < -0.4 is 5.32 Å². The monoisotopic (exact) mass is 413 g/mol. The van der Waals surface area contributed by atoms with E-state index in [1.807, 2.05) is 30.3 Å². The van der Waals surface area contributed by atoms with Gasteiger partial charge in [0.15, 0.2) is 5.11 Å². The van der Waals surface area contributed by atoms with Crippen LogP contribution in [0.2, 0.25) is 15.1 Å².